The molecule has 0 saturated carbocycles. The van der Waals surface area contributed by atoms with Crippen molar-refractivity contribution in [3.63, 3.8) is 0 Å². The monoisotopic (exact) mass is 309 g/mol. The molecule has 1 aliphatic rings. The van der Waals surface area contributed by atoms with Crippen molar-refractivity contribution in [3.8, 4) is 0 Å². The summed E-state index contributed by atoms with van der Waals surface area (Å²) in [5.74, 6) is -2.31. The number of carboxylic acid groups (broad SMARTS) is 1. The predicted octanol–water partition coefficient (Wildman–Crippen LogP) is 0.715. The molecule has 0 unspecified atom stereocenters. The van der Waals surface area contributed by atoms with Crippen LogP contribution in [0.15, 0.2) is 36.4 Å². The Balaban J connectivity index is 2.07. The number of aliphatic carboxylic acids is 1. The molecule has 22 heavy (non-hydrogen) atoms. The zero-order valence-corrected chi connectivity index (χ0v) is 11.6. The molecule has 0 spiro atoms. The van der Waals surface area contributed by atoms with Crippen molar-refractivity contribution < 1.29 is 28.9 Å². The zero-order valence-electron chi connectivity index (χ0n) is 11.6. The first-order chi connectivity index (χ1) is 10.5. The number of hydrogen-bond donors (Lipinski definition) is 3. The number of carbonyl (C=O) groups is 2. The molecule has 1 heterocycles. The maximum absolute atomic E-state index is 13.6. The van der Waals surface area contributed by atoms with E-state index in [2.05, 4.69) is 5.32 Å². The molecule has 0 aromatic heterocycles. The Morgan fingerprint density at radius 1 is 1.27 bits per heavy atom. The highest BCUT2D eigenvalue weighted by Gasteiger charge is 2.29. The Morgan fingerprint density at radius 3 is 2.64 bits per heavy atom. The molecule has 1 amide bonds. The van der Waals surface area contributed by atoms with Gasteiger partial charge in [0.15, 0.2) is 0 Å². The summed E-state index contributed by atoms with van der Waals surface area (Å²) in [6.45, 7) is -0.400. The van der Waals surface area contributed by atoms with Gasteiger partial charge in [-0.1, -0.05) is 24.3 Å². The minimum atomic E-state index is -1.03. The van der Waals surface area contributed by atoms with Crippen LogP contribution in [0.1, 0.15) is 16.8 Å². The molecule has 2 rings (SSSR count). The Bertz CT molecular complexity index is 589. The Kier molecular flexibility index (Phi) is 5.24. The molecule has 6 nitrogen and oxygen atoms in total. The van der Waals surface area contributed by atoms with Gasteiger partial charge in [0.25, 0.3) is 5.91 Å². The third-order valence-electron chi connectivity index (χ3n) is 3.26. The van der Waals surface area contributed by atoms with Gasteiger partial charge in [0.1, 0.15) is 11.9 Å². The van der Waals surface area contributed by atoms with Crippen LogP contribution < -0.4 is 5.32 Å². The highest BCUT2D eigenvalue weighted by molar-refractivity contribution is 5.94. The number of aliphatic hydroxyl groups is 1. The number of amides is 1. The summed E-state index contributed by atoms with van der Waals surface area (Å²) in [5, 5.41) is 20.6. The lowest BCUT2D eigenvalue weighted by Gasteiger charge is -2.31. The van der Waals surface area contributed by atoms with Crippen LogP contribution in [0.3, 0.4) is 0 Å². The summed E-state index contributed by atoms with van der Waals surface area (Å²) in [4.78, 5) is 22.7. The summed E-state index contributed by atoms with van der Waals surface area (Å²) in [7, 11) is 0. The lowest BCUT2D eigenvalue weighted by molar-refractivity contribution is -0.141. The van der Waals surface area contributed by atoms with Crippen LogP contribution in [-0.2, 0) is 9.53 Å². The molecule has 0 radical (unpaired) electrons. The molecule has 3 N–H and O–H groups in total. The van der Waals surface area contributed by atoms with E-state index in [0.717, 1.165) is 0 Å². The maximum Gasteiger partial charge on any atom is 0.306 e. The molecule has 0 fully saturated rings. The first-order valence-electron chi connectivity index (χ1n) is 6.73. The van der Waals surface area contributed by atoms with E-state index in [1.54, 1.807) is 6.08 Å². The van der Waals surface area contributed by atoms with E-state index < -0.39 is 42.6 Å². The summed E-state index contributed by atoms with van der Waals surface area (Å²) in [6.07, 6.45) is 1.37. The van der Waals surface area contributed by atoms with E-state index in [-0.39, 0.29) is 12.0 Å². The largest absolute Gasteiger partial charge is 0.481 e. The van der Waals surface area contributed by atoms with Crippen LogP contribution >= 0.6 is 0 Å². The Labute approximate surface area is 126 Å². The number of aliphatic hydroxyl groups excluding tert-OH is 1. The Morgan fingerprint density at radius 2 is 2.00 bits per heavy atom. The van der Waals surface area contributed by atoms with Gasteiger partial charge in [-0.15, -0.1) is 0 Å². The first-order valence-corrected chi connectivity index (χ1v) is 6.73. The third kappa shape index (κ3) is 3.90. The number of carbonyl (C=O) groups excluding carboxylic acids is 1. The quantitative estimate of drug-likeness (QED) is 0.696. The number of halogens is 1. The molecule has 1 aromatic rings. The molecular formula is C15H16FNO5. The summed E-state index contributed by atoms with van der Waals surface area (Å²) in [6, 6.07) is 4.87. The molecule has 0 aliphatic carbocycles. The zero-order chi connectivity index (χ0) is 16.1. The molecular weight excluding hydrogens is 293 g/mol. The second kappa shape index (κ2) is 7.15. The normalized spacial score (nSPS) is 24.0. The Hall–Kier alpha value is -2.25. The van der Waals surface area contributed by atoms with Crippen LogP contribution in [-0.4, -0.2) is 46.9 Å². The number of nitrogens with one attached hydrogen (secondary N) is 1. The molecule has 0 bridgehead atoms. The molecule has 1 aliphatic heterocycles. The van der Waals surface area contributed by atoms with Crippen molar-refractivity contribution >= 4 is 11.9 Å². The van der Waals surface area contributed by atoms with E-state index in [9.17, 15) is 19.1 Å². The van der Waals surface area contributed by atoms with Crippen LogP contribution in [0.4, 0.5) is 4.39 Å². The summed E-state index contributed by atoms with van der Waals surface area (Å²) < 4.78 is 19.0. The van der Waals surface area contributed by atoms with Crippen molar-refractivity contribution in [1.82, 2.24) is 5.32 Å². The van der Waals surface area contributed by atoms with E-state index in [1.807, 2.05) is 0 Å². The van der Waals surface area contributed by atoms with E-state index in [0.29, 0.717) is 0 Å². The van der Waals surface area contributed by atoms with Crippen molar-refractivity contribution in [2.75, 3.05) is 6.61 Å². The fourth-order valence-corrected chi connectivity index (χ4v) is 2.18. The highest BCUT2D eigenvalue weighted by atomic mass is 19.1. The number of benzene rings is 1. The number of hydrogen-bond acceptors (Lipinski definition) is 4. The van der Waals surface area contributed by atoms with Gasteiger partial charge in [0, 0.05) is 0 Å². The minimum absolute atomic E-state index is 0.111. The van der Waals surface area contributed by atoms with Gasteiger partial charge in [0.2, 0.25) is 0 Å². The topological polar surface area (TPSA) is 95.9 Å². The van der Waals surface area contributed by atoms with E-state index in [1.165, 1.54) is 30.3 Å². The van der Waals surface area contributed by atoms with E-state index in [4.69, 9.17) is 9.84 Å². The SMILES string of the molecule is O=C(O)C[C@H]1C=C[C@H](NC(=O)c2ccccc2F)[C@@H](CO)O1. The summed E-state index contributed by atoms with van der Waals surface area (Å²) in [5.41, 5.74) is -0.111. The maximum atomic E-state index is 13.6. The van der Waals surface area contributed by atoms with Gasteiger partial charge >= 0.3 is 5.97 Å². The van der Waals surface area contributed by atoms with Crippen LogP contribution in [0.2, 0.25) is 0 Å². The lowest BCUT2D eigenvalue weighted by atomic mass is 10.0. The van der Waals surface area contributed by atoms with Crippen LogP contribution in [0.5, 0.6) is 0 Å². The van der Waals surface area contributed by atoms with Crippen molar-refractivity contribution in [2.24, 2.45) is 0 Å². The fourth-order valence-electron chi connectivity index (χ4n) is 2.18. The molecule has 1 aromatic carbocycles. The highest BCUT2D eigenvalue weighted by Crippen LogP contribution is 2.16. The molecule has 7 heteroatoms. The standard InChI is InChI=1S/C15H16FNO5/c16-11-4-2-1-3-10(11)15(21)17-12-6-5-9(7-14(19)20)22-13(12)8-18/h1-6,9,12-13,18H,7-8H2,(H,17,21)(H,19,20)/t9-,12+,13-/m1/s1. The van der Waals surface area contributed by atoms with Gasteiger partial charge in [-0.25, -0.2) is 4.39 Å². The van der Waals surface area contributed by atoms with E-state index >= 15 is 0 Å². The molecule has 3 atom stereocenters. The smallest absolute Gasteiger partial charge is 0.306 e. The average Bonchev–Trinajstić information content (AvgIpc) is 2.48. The third-order valence-corrected chi connectivity index (χ3v) is 3.26. The van der Waals surface area contributed by atoms with Crippen molar-refractivity contribution in [2.45, 2.75) is 24.7 Å². The van der Waals surface area contributed by atoms with Crippen LogP contribution in [0, 0.1) is 5.82 Å². The van der Waals surface area contributed by atoms with Gasteiger partial charge in [-0.05, 0) is 12.1 Å². The molecule has 0 saturated heterocycles. The van der Waals surface area contributed by atoms with Gasteiger partial charge in [-0.2, -0.15) is 0 Å². The fraction of sp³-hybridized carbons (Fsp3) is 0.333. The average molecular weight is 309 g/mol. The van der Waals surface area contributed by atoms with Crippen molar-refractivity contribution in [1.29, 1.82) is 0 Å². The number of carboxylic acids is 1. The minimum Gasteiger partial charge on any atom is -0.481 e. The van der Waals surface area contributed by atoms with Crippen molar-refractivity contribution in [3.05, 3.63) is 47.8 Å². The number of ether oxygens (including phenoxy) is 1. The van der Waals surface area contributed by atoms with Gasteiger partial charge in [-0.3, -0.25) is 9.59 Å². The van der Waals surface area contributed by atoms with Crippen LogP contribution in [0.25, 0.3) is 0 Å². The summed E-state index contributed by atoms with van der Waals surface area (Å²) >= 11 is 0. The second-order valence-electron chi connectivity index (χ2n) is 4.86. The first kappa shape index (κ1) is 16.1. The second-order valence-corrected chi connectivity index (χ2v) is 4.86. The number of rotatable bonds is 5. The lowest BCUT2D eigenvalue weighted by Crippen LogP contribution is -2.48. The molecule has 118 valence electrons. The van der Waals surface area contributed by atoms with Gasteiger partial charge in [0.05, 0.1) is 30.7 Å². The van der Waals surface area contributed by atoms with Gasteiger partial charge < -0.3 is 20.3 Å². The predicted molar refractivity (Wildman–Crippen MR) is 74.8 cm³/mol.